The maximum Gasteiger partial charge on any atom is 0.433 e. The Morgan fingerprint density at radius 2 is 1.94 bits per heavy atom. The van der Waals surface area contributed by atoms with Gasteiger partial charge in [0.15, 0.2) is 0 Å². The number of nitrogens with zero attached hydrogens (tertiary/aromatic N) is 1. The highest BCUT2D eigenvalue weighted by Crippen LogP contribution is 2.32. The minimum absolute atomic E-state index is 0.123. The van der Waals surface area contributed by atoms with Crippen molar-refractivity contribution < 1.29 is 32.5 Å². The van der Waals surface area contributed by atoms with Crippen LogP contribution in [0.25, 0.3) is 0 Å². The standard InChI is InChI=1S/C25H30F3N3O4/c1-5-6-7-8-12-29-22(32)18-10-9-11-19(15-18)34-21-14-17(13-20(31-21)25(26,27)28)16-30-23(33)35-24(2,3)4/h1,9-11,13-15,22,29,32H,6-8,12,16H2,2-4H3,(H,30,33). The number of hydrogen-bond acceptors (Lipinski definition) is 6. The number of ether oxygens (including phenoxy) is 2. The van der Waals surface area contributed by atoms with Crippen molar-refractivity contribution >= 4 is 6.09 Å². The monoisotopic (exact) mass is 493 g/mol. The fourth-order valence-corrected chi connectivity index (χ4v) is 2.92. The number of benzene rings is 1. The molecule has 7 nitrogen and oxygen atoms in total. The summed E-state index contributed by atoms with van der Waals surface area (Å²) in [6, 6.07) is 8.41. The van der Waals surface area contributed by atoms with Gasteiger partial charge in [-0.2, -0.15) is 13.2 Å². The van der Waals surface area contributed by atoms with Crippen molar-refractivity contribution in [1.29, 1.82) is 0 Å². The summed E-state index contributed by atoms with van der Waals surface area (Å²) >= 11 is 0. The molecule has 35 heavy (non-hydrogen) atoms. The van der Waals surface area contributed by atoms with E-state index in [0.29, 0.717) is 18.5 Å². The SMILES string of the molecule is C#CCCCCNC(O)c1cccc(Oc2cc(CNC(=O)OC(C)(C)C)cc(C(F)(F)F)n2)c1. The van der Waals surface area contributed by atoms with Gasteiger partial charge in [-0.05, 0) is 69.5 Å². The minimum atomic E-state index is -4.72. The van der Waals surface area contributed by atoms with Gasteiger partial charge in [0.2, 0.25) is 5.88 Å². The van der Waals surface area contributed by atoms with E-state index in [-0.39, 0.29) is 23.7 Å². The van der Waals surface area contributed by atoms with Gasteiger partial charge >= 0.3 is 12.3 Å². The molecule has 0 aliphatic carbocycles. The van der Waals surface area contributed by atoms with Crippen LogP contribution in [-0.2, 0) is 17.5 Å². The number of aromatic nitrogens is 1. The number of halogens is 3. The molecule has 1 atom stereocenters. The molecule has 1 heterocycles. The lowest BCUT2D eigenvalue weighted by Crippen LogP contribution is -2.32. The number of alkyl halides is 3. The van der Waals surface area contributed by atoms with Gasteiger partial charge < -0.3 is 19.9 Å². The molecule has 0 saturated heterocycles. The Kier molecular flexibility index (Phi) is 9.92. The van der Waals surface area contributed by atoms with E-state index in [2.05, 4.69) is 21.5 Å². The maximum atomic E-state index is 13.4. The van der Waals surface area contributed by atoms with Crippen molar-refractivity contribution in [1.82, 2.24) is 15.6 Å². The summed E-state index contributed by atoms with van der Waals surface area (Å²) in [6.45, 7) is 5.34. The van der Waals surface area contributed by atoms with Crippen LogP contribution in [-0.4, -0.2) is 28.3 Å². The van der Waals surface area contributed by atoms with E-state index in [1.54, 1.807) is 32.9 Å². The fourth-order valence-electron chi connectivity index (χ4n) is 2.92. The van der Waals surface area contributed by atoms with Gasteiger partial charge in [0, 0.05) is 19.0 Å². The average Bonchev–Trinajstić information content (AvgIpc) is 2.76. The normalized spacial score (nSPS) is 12.5. The summed E-state index contributed by atoms with van der Waals surface area (Å²) < 4.78 is 50.9. The molecule has 0 bridgehead atoms. The Morgan fingerprint density at radius 1 is 1.20 bits per heavy atom. The van der Waals surface area contributed by atoms with Gasteiger partial charge in [-0.25, -0.2) is 9.78 Å². The molecule has 190 valence electrons. The largest absolute Gasteiger partial charge is 0.444 e. The highest BCUT2D eigenvalue weighted by molar-refractivity contribution is 5.67. The summed E-state index contributed by atoms with van der Waals surface area (Å²) in [7, 11) is 0. The Morgan fingerprint density at radius 3 is 2.60 bits per heavy atom. The van der Waals surface area contributed by atoms with E-state index >= 15 is 0 Å². The predicted octanol–water partition coefficient (Wildman–Crippen LogP) is 5.30. The zero-order chi connectivity index (χ0) is 26.1. The second-order valence-corrected chi connectivity index (χ2v) is 8.74. The minimum Gasteiger partial charge on any atom is -0.444 e. The molecule has 0 aliphatic rings. The highest BCUT2D eigenvalue weighted by Gasteiger charge is 2.33. The molecule has 0 aliphatic heterocycles. The number of carbonyl (C=O) groups excluding carboxylic acids is 1. The summed E-state index contributed by atoms with van der Waals surface area (Å²) in [6.07, 6.45) is 0.993. The second-order valence-electron chi connectivity index (χ2n) is 8.74. The van der Waals surface area contributed by atoms with E-state index in [9.17, 15) is 23.1 Å². The van der Waals surface area contributed by atoms with E-state index in [0.717, 1.165) is 18.9 Å². The van der Waals surface area contributed by atoms with Gasteiger partial charge in [-0.1, -0.05) is 12.1 Å². The number of amides is 1. The summed E-state index contributed by atoms with van der Waals surface area (Å²) in [5, 5.41) is 15.7. The van der Waals surface area contributed by atoms with Crippen LogP contribution in [0.5, 0.6) is 11.6 Å². The van der Waals surface area contributed by atoms with Crippen LogP contribution in [0.15, 0.2) is 36.4 Å². The Hall–Kier alpha value is -3.29. The third kappa shape index (κ3) is 10.2. The van der Waals surface area contributed by atoms with Gasteiger partial charge in [0.25, 0.3) is 0 Å². The van der Waals surface area contributed by atoms with Crippen LogP contribution in [0.2, 0.25) is 0 Å². The molecule has 1 aromatic heterocycles. The van der Waals surface area contributed by atoms with Crippen LogP contribution >= 0.6 is 0 Å². The van der Waals surface area contributed by atoms with E-state index in [1.165, 1.54) is 18.2 Å². The topological polar surface area (TPSA) is 92.7 Å². The molecule has 3 N–H and O–H groups in total. The van der Waals surface area contributed by atoms with Crippen molar-refractivity contribution in [2.45, 2.75) is 64.6 Å². The Labute approximate surface area is 203 Å². The Bertz CT molecular complexity index is 1030. The van der Waals surface area contributed by atoms with Gasteiger partial charge in [0.1, 0.15) is 23.3 Å². The number of hydrogen-bond donors (Lipinski definition) is 3. The van der Waals surface area contributed by atoms with Gasteiger partial charge in [-0.3, -0.25) is 5.32 Å². The van der Waals surface area contributed by atoms with E-state index in [1.807, 2.05) is 0 Å². The van der Waals surface area contributed by atoms with Crippen LogP contribution in [0.1, 0.15) is 63.1 Å². The molecule has 0 saturated carbocycles. The third-order valence-corrected chi connectivity index (χ3v) is 4.47. The molecule has 0 fully saturated rings. The van der Waals surface area contributed by atoms with Crippen molar-refractivity contribution in [2.24, 2.45) is 0 Å². The van der Waals surface area contributed by atoms with Crippen LogP contribution in [0.4, 0.5) is 18.0 Å². The molecule has 2 aromatic rings. The van der Waals surface area contributed by atoms with Crippen LogP contribution in [0.3, 0.4) is 0 Å². The van der Waals surface area contributed by atoms with Gasteiger partial charge in [-0.15, -0.1) is 12.3 Å². The molecule has 1 aromatic carbocycles. The molecule has 0 spiro atoms. The van der Waals surface area contributed by atoms with Crippen LogP contribution in [0, 0.1) is 12.3 Å². The van der Waals surface area contributed by atoms with E-state index in [4.69, 9.17) is 15.9 Å². The maximum absolute atomic E-state index is 13.4. The summed E-state index contributed by atoms with van der Waals surface area (Å²) in [5.74, 6) is 2.43. The molecule has 2 rings (SSSR count). The molecular formula is C25H30F3N3O4. The average molecular weight is 494 g/mol. The zero-order valence-corrected chi connectivity index (χ0v) is 19.9. The van der Waals surface area contributed by atoms with Crippen molar-refractivity contribution in [2.75, 3.05) is 6.54 Å². The first-order valence-corrected chi connectivity index (χ1v) is 11.0. The predicted molar refractivity (Wildman–Crippen MR) is 124 cm³/mol. The van der Waals surface area contributed by atoms with Crippen molar-refractivity contribution in [3.05, 3.63) is 53.2 Å². The van der Waals surface area contributed by atoms with Crippen molar-refractivity contribution in [3.63, 3.8) is 0 Å². The molecule has 1 unspecified atom stereocenters. The van der Waals surface area contributed by atoms with Crippen molar-refractivity contribution in [3.8, 4) is 24.0 Å². The first kappa shape index (κ1) is 28.0. The second kappa shape index (κ2) is 12.4. The van der Waals surface area contributed by atoms with E-state index < -0.39 is 29.8 Å². The van der Waals surface area contributed by atoms with Crippen LogP contribution < -0.4 is 15.4 Å². The quantitative estimate of drug-likeness (QED) is 0.236. The smallest absolute Gasteiger partial charge is 0.433 e. The highest BCUT2D eigenvalue weighted by atomic mass is 19.4. The zero-order valence-electron chi connectivity index (χ0n) is 19.9. The lowest BCUT2D eigenvalue weighted by molar-refractivity contribution is -0.141. The summed E-state index contributed by atoms with van der Waals surface area (Å²) in [4.78, 5) is 15.4. The first-order chi connectivity index (χ1) is 16.4. The molecule has 10 heteroatoms. The number of aliphatic hydroxyl groups is 1. The Balaban J connectivity index is 2.14. The molecule has 0 radical (unpaired) electrons. The number of carbonyl (C=O) groups is 1. The first-order valence-electron chi connectivity index (χ1n) is 11.0. The molecular weight excluding hydrogens is 463 g/mol. The lowest BCUT2D eigenvalue weighted by atomic mass is 10.1. The number of alkyl carbamates (subject to hydrolysis) is 1. The summed E-state index contributed by atoms with van der Waals surface area (Å²) in [5.41, 5.74) is -1.32. The number of rotatable bonds is 10. The number of unbranched alkanes of at least 4 members (excludes halogenated alkanes) is 2. The number of pyridine rings is 1. The third-order valence-electron chi connectivity index (χ3n) is 4.47. The number of terminal acetylenes is 1. The fraction of sp³-hybridized carbons (Fsp3) is 0.440. The molecule has 1 amide bonds. The number of nitrogens with one attached hydrogen (secondary N) is 2. The van der Waals surface area contributed by atoms with Gasteiger partial charge in [0.05, 0.1) is 0 Å². The lowest BCUT2D eigenvalue weighted by Gasteiger charge is -2.20. The number of aliphatic hydroxyl groups excluding tert-OH is 1.